The van der Waals surface area contributed by atoms with Crippen molar-refractivity contribution in [2.75, 3.05) is 80.5 Å². The maximum atomic E-state index is 2.44. The standard InChI is InChI=1S/C16H38N4/c1-7-9-17(3)11-13-19(5)15-16-20(6)14-12-18(4)10-8-2/h7-16H2,1-6H3. The Kier molecular flexibility index (Phi) is 12.5. The molecule has 0 fully saturated rings. The highest BCUT2D eigenvalue weighted by Crippen LogP contribution is 1.92. The van der Waals surface area contributed by atoms with E-state index in [9.17, 15) is 0 Å². The van der Waals surface area contributed by atoms with Crippen molar-refractivity contribution in [3.8, 4) is 0 Å². The maximum Gasteiger partial charge on any atom is 0.0107 e. The minimum atomic E-state index is 1.16. The molecule has 0 aliphatic heterocycles. The van der Waals surface area contributed by atoms with Gasteiger partial charge in [-0.2, -0.15) is 0 Å². The smallest absolute Gasteiger partial charge is 0.0107 e. The van der Waals surface area contributed by atoms with Crippen molar-refractivity contribution in [3.63, 3.8) is 0 Å². The SMILES string of the molecule is CCCN(C)CCN(C)CCN(C)CCN(C)CCC. The molecule has 0 spiro atoms. The zero-order valence-corrected chi connectivity index (χ0v) is 14.9. The lowest BCUT2D eigenvalue weighted by Crippen LogP contribution is -2.38. The zero-order valence-electron chi connectivity index (χ0n) is 14.9. The van der Waals surface area contributed by atoms with Gasteiger partial charge in [0.25, 0.3) is 0 Å². The average Bonchev–Trinajstić information content (AvgIpc) is 2.41. The summed E-state index contributed by atoms with van der Waals surface area (Å²) >= 11 is 0. The first kappa shape index (κ1) is 19.8. The van der Waals surface area contributed by atoms with E-state index in [1.54, 1.807) is 0 Å². The predicted octanol–water partition coefficient (Wildman–Crippen LogP) is 1.53. The van der Waals surface area contributed by atoms with Gasteiger partial charge in [-0.25, -0.2) is 0 Å². The van der Waals surface area contributed by atoms with Crippen LogP contribution < -0.4 is 0 Å². The summed E-state index contributed by atoms with van der Waals surface area (Å²) in [4.78, 5) is 9.72. The van der Waals surface area contributed by atoms with E-state index in [-0.39, 0.29) is 0 Å². The molecule has 0 amide bonds. The van der Waals surface area contributed by atoms with E-state index < -0.39 is 0 Å². The van der Waals surface area contributed by atoms with E-state index in [1.165, 1.54) is 52.1 Å². The van der Waals surface area contributed by atoms with Crippen LogP contribution in [0.3, 0.4) is 0 Å². The summed E-state index contributed by atoms with van der Waals surface area (Å²) in [5.41, 5.74) is 0. The Balaban J connectivity index is 3.59. The number of hydrogen-bond donors (Lipinski definition) is 0. The predicted molar refractivity (Wildman–Crippen MR) is 90.6 cm³/mol. The molecule has 20 heavy (non-hydrogen) atoms. The fourth-order valence-corrected chi connectivity index (χ4v) is 2.23. The van der Waals surface area contributed by atoms with Gasteiger partial charge in [0.2, 0.25) is 0 Å². The van der Waals surface area contributed by atoms with Crippen molar-refractivity contribution in [1.29, 1.82) is 0 Å². The van der Waals surface area contributed by atoms with Gasteiger partial charge in [0.05, 0.1) is 0 Å². The molecule has 0 aromatic carbocycles. The summed E-state index contributed by atoms with van der Waals surface area (Å²) in [6.45, 7) is 13.9. The minimum Gasteiger partial charge on any atom is -0.305 e. The van der Waals surface area contributed by atoms with Crippen LogP contribution in [0.4, 0.5) is 0 Å². The lowest BCUT2D eigenvalue weighted by molar-refractivity contribution is 0.211. The van der Waals surface area contributed by atoms with Gasteiger partial charge in [-0.1, -0.05) is 13.8 Å². The second-order valence-corrected chi connectivity index (χ2v) is 6.21. The van der Waals surface area contributed by atoms with Crippen LogP contribution in [0.5, 0.6) is 0 Å². The van der Waals surface area contributed by atoms with Crippen molar-refractivity contribution >= 4 is 0 Å². The second kappa shape index (κ2) is 12.6. The van der Waals surface area contributed by atoms with E-state index in [4.69, 9.17) is 0 Å². The Morgan fingerprint density at radius 2 is 0.600 bits per heavy atom. The quantitative estimate of drug-likeness (QED) is 0.509. The molecule has 0 bridgehead atoms. The molecule has 0 aromatic rings. The first-order chi connectivity index (χ1) is 9.49. The zero-order chi connectivity index (χ0) is 15.4. The van der Waals surface area contributed by atoms with Gasteiger partial charge in [0, 0.05) is 39.3 Å². The fraction of sp³-hybridized carbons (Fsp3) is 1.00. The molecule has 0 radical (unpaired) electrons. The summed E-state index contributed by atoms with van der Waals surface area (Å²) in [7, 11) is 8.90. The summed E-state index contributed by atoms with van der Waals surface area (Å²) in [5.74, 6) is 0. The average molecular weight is 287 g/mol. The van der Waals surface area contributed by atoms with Crippen molar-refractivity contribution < 1.29 is 0 Å². The van der Waals surface area contributed by atoms with Crippen LogP contribution in [0.2, 0.25) is 0 Å². The van der Waals surface area contributed by atoms with Crippen molar-refractivity contribution in [2.45, 2.75) is 26.7 Å². The monoisotopic (exact) mass is 286 g/mol. The van der Waals surface area contributed by atoms with Crippen molar-refractivity contribution in [3.05, 3.63) is 0 Å². The van der Waals surface area contributed by atoms with Crippen LogP contribution in [0.15, 0.2) is 0 Å². The largest absolute Gasteiger partial charge is 0.305 e. The summed E-state index contributed by atoms with van der Waals surface area (Å²) in [5, 5.41) is 0. The van der Waals surface area contributed by atoms with Crippen LogP contribution in [-0.2, 0) is 0 Å². The molecule has 0 aromatic heterocycles. The maximum absolute atomic E-state index is 2.44. The van der Waals surface area contributed by atoms with Gasteiger partial charge in [-0.3, -0.25) is 0 Å². The van der Waals surface area contributed by atoms with Crippen LogP contribution in [0.1, 0.15) is 26.7 Å². The van der Waals surface area contributed by atoms with Gasteiger partial charge in [-0.15, -0.1) is 0 Å². The Bertz CT molecular complexity index is 189. The Morgan fingerprint density at radius 1 is 0.400 bits per heavy atom. The van der Waals surface area contributed by atoms with Crippen LogP contribution in [0.25, 0.3) is 0 Å². The topological polar surface area (TPSA) is 13.0 Å². The van der Waals surface area contributed by atoms with E-state index >= 15 is 0 Å². The van der Waals surface area contributed by atoms with E-state index in [1.807, 2.05) is 0 Å². The third-order valence-electron chi connectivity index (χ3n) is 3.80. The molecule has 0 atom stereocenters. The Labute approximate surface area is 127 Å². The highest BCUT2D eigenvalue weighted by atomic mass is 15.2. The van der Waals surface area contributed by atoms with E-state index in [0.29, 0.717) is 0 Å². The lowest BCUT2D eigenvalue weighted by Gasteiger charge is -2.25. The second-order valence-electron chi connectivity index (χ2n) is 6.21. The molecule has 4 nitrogen and oxygen atoms in total. The third kappa shape index (κ3) is 11.6. The van der Waals surface area contributed by atoms with Crippen LogP contribution in [-0.4, -0.2) is 100 Å². The molecular weight excluding hydrogens is 248 g/mol. The minimum absolute atomic E-state index is 1.16. The molecule has 122 valence electrons. The van der Waals surface area contributed by atoms with E-state index in [0.717, 1.165) is 13.1 Å². The number of nitrogens with zero attached hydrogens (tertiary/aromatic N) is 4. The van der Waals surface area contributed by atoms with Crippen molar-refractivity contribution in [2.24, 2.45) is 0 Å². The van der Waals surface area contributed by atoms with Gasteiger partial charge >= 0.3 is 0 Å². The Hall–Kier alpha value is -0.160. The third-order valence-corrected chi connectivity index (χ3v) is 3.80. The molecule has 0 saturated carbocycles. The van der Waals surface area contributed by atoms with Gasteiger partial charge < -0.3 is 19.6 Å². The first-order valence-corrected chi connectivity index (χ1v) is 8.23. The van der Waals surface area contributed by atoms with Gasteiger partial charge in [0.1, 0.15) is 0 Å². The molecule has 0 saturated heterocycles. The summed E-state index contributed by atoms with van der Waals surface area (Å²) < 4.78 is 0. The van der Waals surface area contributed by atoms with Gasteiger partial charge in [-0.05, 0) is 54.1 Å². The Morgan fingerprint density at radius 3 is 0.800 bits per heavy atom. The molecule has 0 aliphatic carbocycles. The number of rotatable bonds is 13. The highest BCUT2D eigenvalue weighted by molar-refractivity contribution is 4.61. The molecule has 0 unspecified atom stereocenters. The number of likely N-dealkylation sites (N-methyl/N-ethyl adjacent to an activating group) is 4. The first-order valence-electron chi connectivity index (χ1n) is 8.23. The fourth-order valence-electron chi connectivity index (χ4n) is 2.23. The summed E-state index contributed by atoms with van der Waals surface area (Å²) in [6, 6.07) is 0. The summed E-state index contributed by atoms with van der Waals surface area (Å²) in [6.07, 6.45) is 2.49. The molecular formula is C16H38N4. The highest BCUT2D eigenvalue weighted by Gasteiger charge is 2.05. The van der Waals surface area contributed by atoms with E-state index in [2.05, 4.69) is 61.6 Å². The van der Waals surface area contributed by atoms with Gasteiger partial charge in [0.15, 0.2) is 0 Å². The lowest BCUT2D eigenvalue weighted by atomic mass is 10.4. The normalized spacial score (nSPS) is 12.3. The van der Waals surface area contributed by atoms with Crippen molar-refractivity contribution in [1.82, 2.24) is 19.6 Å². The molecule has 0 heterocycles. The number of hydrogen-bond acceptors (Lipinski definition) is 4. The molecule has 0 aliphatic rings. The molecule has 0 N–H and O–H groups in total. The van der Waals surface area contributed by atoms with Crippen LogP contribution in [0, 0.1) is 0 Å². The molecule has 0 rings (SSSR count). The van der Waals surface area contributed by atoms with Crippen LogP contribution >= 0.6 is 0 Å². The molecule has 4 heteroatoms.